The molecule has 0 amide bonds. The minimum atomic E-state index is -0.767. The molecule has 2 fully saturated rings. The molecule has 4 aromatic rings. The SMILES string of the molecule is CCOC(=O)[C@@H]1CCCCN1c1nc2ccc(Cl)cc2s1.O=C(O)[C@@H]1CCCCN1c1nc2ccc(Cl)cc2s1. The van der Waals surface area contributed by atoms with E-state index in [1.54, 1.807) is 17.4 Å². The number of carboxylic acid groups (broad SMARTS) is 1. The van der Waals surface area contributed by atoms with E-state index in [0.29, 0.717) is 23.1 Å². The van der Waals surface area contributed by atoms with Crippen molar-refractivity contribution in [1.29, 1.82) is 0 Å². The molecule has 2 aliphatic heterocycles. The Morgan fingerprint density at radius 2 is 1.38 bits per heavy atom. The number of thiazole rings is 2. The molecular formula is C28H30Cl2N4O4S2. The number of piperidine rings is 2. The summed E-state index contributed by atoms with van der Waals surface area (Å²) < 4.78 is 7.25. The van der Waals surface area contributed by atoms with Gasteiger partial charge >= 0.3 is 11.9 Å². The number of benzene rings is 2. The van der Waals surface area contributed by atoms with Gasteiger partial charge in [-0.1, -0.05) is 45.9 Å². The van der Waals surface area contributed by atoms with E-state index >= 15 is 0 Å². The van der Waals surface area contributed by atoms with Crippen molar-refractivity contribution in [3.8, 4) is 0 Å². The summed E-state index contributed by atoms with van der Waals surface area (Å²) in [4.78, 5) is 36.6. The molecule has 2 saturated heterocycles. The molecule has 0 bridgehead atoms. The first-order valence-electron chi connectivity index (χ1n) is 13.4. The standard InChI is InChI=1S/C15H17ClN2O2S.C13H13ClN2O2S/c1-2-20-14(19)12-5-3-4-8-18(12)15-17-11-7-6-10(16)9-13(11)21-15;14-8-4-5-9-11(7-8)19-13(15-9)16-6-2-1-3-10(16)12(17)18/h6-7,9,12H,2-5,8H2,1H3;4-5,7,10H,1-3,6H2,(H,17,18)/t12-;10-/m00/s1. The molecule has 2 aromatic carbocycles. The summed E-state index contributed by atoms with van der Waals surface area (Å²) in [5, 5.41) is 12.3. The number of esters is 1. The van der Waals surface area contributed by atoms with E-state index in [0.717, 1.165) is 75.9 Å². The molecule has 0 unspecified atom stereocenters. The lowest BCUT2D eigenvalue weighted by atomic mass is 10.0. The van der Waals surface area contributed by atoms with E-state index in [1.165, 1.54) is 11.3 Å². The Bertz CT molecular complexity index is 1510. The maximum absolute atomic E-state index is 12.1. The van der Waals surface area contributed by atoms with Crippen molar-refractivity contribution in [2.24, 2.45) is 0 Å². The second-order valence-electron chi connectivity index (χ2n) is 9.72. The lowest BCUT2D eigenvalue weighted by Gasteiger charge is -2.33. The zero-order valence-corrected chi connectivity index (χ0v) is 25.2. The Morgan fingerprint density at radius 3 is 1.88 bits per heavy atom. The molecule has 12 heteroatoms. The number of halogens is 2. The summed E-state index contributed by atoms with van der Waals surface area (Å²) in [6.07, 6.45) is 5.62. The third-order valence-electron chi connectivity index (χ3n) is 7.02. The largest absolute Gasteiger partial charge is 0.480 e. The second-order valence-corrected chi connectivity index (χ2v) is 12.6. The van der Waals surface area contributed by atoms with Crippen molar-refractivity contribution < 1.29 is 19.4 Å². The number of fused-ring (bicyclic) bond motifs is 2. The number of hydrogen-bond acceptors (Lipinski definition) is 9. The fraction of sp³-hybridized carbons (Fsp3) is 0.429. The van der Waals surface area contributed by atoms with Gasteiger partial charge in [0.1, 0.15) is 12.1 Å². The lowest BCUT2D eigenvalue weighted by Crippen LogP contribution is -2.45. The van der Waals surface area contributed by atoms with Crippen LogP contribution in [0.1, 0.15) is 45.4 Å². The summed E-state index contributed by atoms with van der Waals surface area (Å²) >= 11 is 15.1. The van der Waals surface area contributed by atoms with Crippen LogP contribution in [0.25, 0.3) is 20.4 Å². The van der Waals surface area contributed by atoms with E-state index in [2.05, 4.69) is 14.9 Å². The molecular weight excluding hydrogens is 591 g/mol. The molecule has 4 heterocycles. The number of carbonyl (C=O) groups is 2. The van der Waals surface area contributed by atoms with Crippen molar-refractivity contribution in [2.75, 3.05) is 29.5 Å². The van der Waals surface area contributed by atoms with E-state index in [1.807, 2.05) is 42.2 Å². The van der Waals surface area contributed by atoms with Gasteiger partial charge in [0.2, 0.25) is 0 Å². The number of aromatic nitrogens is 2. The van der Waals surface area contributed by atoms with Gasteiger partial charge in [-0.2, -0.15) is 0 Å². The Kier molecular flexibility index (Phi) is 9.30. The maximum Gasteiger partial charge on any atom is 0.328 e. The summed E-state index contributed by atoms with van der Waals surface area (Å²) in [5.41, 5.74) is 1.80. The molecule has 40 heavy (non-hydrogen) atoms. The summed E-state index contributed by atoms with van der Waals surface area (Å²) in [6.45, 7) is 3.85. The number of carbonyl (C=O) groups excluding carboxylic acids is 1. The summed E-state index contributed by atoms with van der Waals surface area (Å²) in [5.74, 6) is -0.911. The quantitative estimate of drug-likeness (QED) is 0.233. The summed E-state index contributed by atoms with van der Waals surface area (Å²) in [7, 11) is 0. The normalized spacial score (nSPS) is 19.4. The number of hydrogen-bond donors (Lipinski definition) is 1. The monoisotopic (exact) mass is 620 g/mol. The molecule has 212 valence electrons. The minimum absolute atomic E-state index is 0.144. The predicted molar refractivity (Wildman–Crippen MR) is 163 cm³/mol. The third-order valence-corrected chi connectivity index (χ3v) is 9.60. The Balaban J connectivity index is 0.000000162. The van der Waals surface area contributed by atoms with Crippen LogP contribution in [-0.4, -0.2) is 58.8 Å². The highest BCUT2D eigenvalue weighted by Crippen LogP contribution is 2.35. The van der Waals surface area contributed by atoms with Crippen molar-refractivity contribution in [3.05, 3.63) is 46.4 Å². The van der Waals surface area contributed by atoms with Gasteiger partial charge in [0, 0.05) is 23.1 Å². The Morgan fingerprint density at radius 1 is 0.875 bits per heavy atom. The van der Waals surface area contributed by atoms with Crippen LogP contribution in [-0.2, 0) is 14.3 Å². The number of carboxylic acids is 1. The van der Waals surface area contributed by atoms with Crippen molar-refractivity contribution >= 4 is 88.5 Å². The molecule has 2 atom stereocenters. The molecule has 8 nitrogen and oxygen atoms in total. The Hall–Kier alpha value is -2.66. The van der Waals surface area contributed by atoms with E-state index in [-0.39, 0.29) is 12.0 Å². The third kappa shape index (κ3) is 6.46. The average Bonchev–Trinajstić information content (AvgIpc) is 3.57. The minimum Gasteiger partial charge on any atom is -0.480 e. The number of ether oxygens (including phenoxy) is 1. The average molecular weight is 622 g/mol. The van der Waals surface area contributed by atoms with E-state index in [9.17, 15) is 14.7 Å². The van der Waals surface area contributed by atoms with Crippen LogP contribution in [0.15, 0.2) is 36.4 Å². The first kappa shape index (κ1) is 28.9. The van der Waals surface area contributed by atoms with Crippen LogP contribution in [0, 0.1) is 0 Å². The van der Waals surface area contributed by atoms with Gasteiger partial charge in [-0.3, -0.25) is 0 Å². The predicted octanol–water partition coefficient (Wildman–Crippen LogP) is 7.26. The van der Waals surface area contributed by atoms with Gasteiger partial charge < -0.3 is 19.6 Å². The van der Waals surface area contributed by atoms with Crippen molar-refractivity contribution in [2.45, 2.75) is 57.5 Å². The Labute approximate surface area is 250 Å². The molecule has 6 rings (SSSR count). The molecule has 0 radical (unpaired) electrons. The lowest BCUT2D eigenvalue weighted by molar-refractivity contribution is -0.145. The maximum atomic E-state index is 12.1. The van der Waals surface area contributed by atoms with Gasteiger partial charge in [0.05, 0.1) is 27.0 Å². The molecule has 2 aliphatic rings. The van der Waals surface area contributed by atoms with Gasteiger partial charge in [-0.05, 0) is 81.8 Å². The van der Waals surface area contributed by atoms with Crippen LogP contribution in [0.5, 0.6) is 0 Å². The number of rotatable bonds is 5. The van der Waals surface area contributed by atoms with Gasteiger partial charge in [-0.25, -0.2) is 19.6 Å². The van der Waals surface area contributed by atoms with Crippen LogP contribution in [0.4, 0.5) is 10.3 Å². The molecule has 0 aliphatic carbocycles. The topological polar surface area (TPSA) is 95.9 Å². The van der Waals surface area contributed by atoms with Gasteiger partial charge in [-0.15, -0.1) is 0 Å². The molecule has 0 saturated carbocycles. The molecule has 0 spiro atoms. The smallest absolute Gasteiger partial charge is 0.328 e. The van der Waals surface area contributed by atoms with Crippen LogP contribution in [0.2, 0.25) is 10.0 Å². The van der Waals surface area contributed by atoms with E-state index < -0.39 is 12.0 Å². The van der Waals surface area contributed by atoms with Gasteiger partial charge in [0.15, 0.2) is 10.3 Å². The molecule has 1 N–H and O–H groups in total. The van der Waals surface area contributed by atoms with Gasteiger partial charge in [0.25, 0.3) is 0 Å². The fourth-order valence-electron chi connectivity index (χ4n) is 5.08. The number of aliphatic carboxylic acids is 1. The van der Waals surface area contributed by atoms with Crippen molar-refractivity contribution in [1.82, 2.24) is 9.97 Å². The number of nitrogens with zero attached hydrogens (tertiary/aromatic N) is 4. The zero-order valence-electron chi connectivity index (χ0n) is 22.0. The number of anilines is 2. The molecule has 2 aromatic heterocycles. The fourth-order valence-corrected chi connectivity index (χ4v) is 7.71. The first-order chi connectivity index (χ1) is 19.3. The highest BCUT2D eigenvalue weighted by atomic mass is 35.5. The highest BCUT2D eigenvalue weighted by molar-refractivity contribution is 7.22. The first-order valence-corrected chi connectivity index (χ1v) is 15.8. The van der Waals surface area contributed by atoms with Crippen LogP contribution < -0.4 is 9.80 Å². The van der Waals surface area contributed by atoms with Crippen LogP contribution in [0.3, 0.4) is 0 Å². The summed E-state index contributed by atoms with van der Waals surface area (Å²) in [6, 6.07) is 10.6. The van der Waals surface area contributed by atoms with Crippen molar-refractivity contribution in [3.63, 3.8) is 0 Å². The second kappa shape index (κ2) is 12.9. The zero-order chi connectivity index (χ0) is 28.2. The van der Waals surface area contributed by atoms with E-state index in [4.69, 9.17) is 27.9 Å². The van der Waals surface area contributed by atoms with Crippen LogP contribution >= 0.6 is 45.9 Å². The highest BCUT2D eigenvalue weighted by Gasteiger charge is 2.32.